The molecule has 0 aliphatic carbocycles. The van der Waals surface area contributed by atoms with Crippen molar-refractivity contribution in [3.05, 3.63) is 83.7 Å². The Morgan fingerprint density at radius 2 is 1.90 bits per heavy atom. The minimum atomic E-state index is -0.374. The Bertz CT molecular complexity index is 985. The predicted octanol–water partition coefficient (Wildman–Crippen LogP) is 3.15. The first-order valence-corrected chi connectivity index (χ1v) is 9.43. The van der Waals surface area contributed by atoms with E-state index in [1.54, 1.807) is 60.3 Å². The number of halogens is 1. The zero-order valence-electron chi connectivity index (χ0n) is 16.2. The lowest BCUT2D eigenvalue weighted by Crippen LogP contribution is -2.27. The summed E-state index contributed by atoms with van der Waals surface area (Å²) in [5.41, 5.74) is 1.69. The van der Waals surface area contributed by atoms with Crippen molar-refractivity contribution in [2.75, 3.05) is 6.54 Å². The third-order valence-corrected chi connectivity index (χ3v) is 4.49. The third kappa shape index (κ3) is 5.51. The van der Waals surface area contributed by atoms with Gasteiger partial charge in [0.05, 0.1) is 5.69 Å². The molecule has 0 fully saturated rings. The number of carbonyl (C=O) groups is 2. The molecule has 0 unspecified atom stereocenters. The third-order valence-electron chi connectivity index (χ3n) is 4.49. The predicted molar refractivity (Wildman–Crippen MR) is 108 cm³/mol. The van der Waals surface area contributed by atoms with Crippen molar-refractivity contribution in [1.29, 1.82) is 0 Å². The summed E-state index contributed by atoms with van der Waals surface area (Å²) in [6.45, 7) is 2.46. The van der Waals surface area contributed by atoms with E-state index in [4.69, 9.17) is 0 Å². The van der Waals surface area contributed by atoms with Gasteiger partial charge in [-0.1, -0.05) is 24.3 Å². The average molecular weight is 394 g/mol. The lowest BCUT2D eigenvalue weighted by atomic mass is 10.2. The van der Waals surface area contributed by atoms with Crippen LogP contribution in [0.1, 0.15) is 34.6 Å². The first kappa shape index (κ1) is 20.3. The Kier molecular flexibility index (Phi) is 6.73. The highest BCUT2D eigenvalue weighted by Crippen LogP contribution is 2.16. The number of hydrogen-bond acceptors (Lipinski definition) is 3. The zero-order chi connectivity index (χ0) is 20.6. The van der Waals surface area contributed by atoms with E-state index >= 15 is 0 Å². The molecular formula is C22H23FN4O2. The summed E-state index contributed by atoms with van der Waals surface area (Å²) in [6.07, 6.45) is 4.12. The maximum atomic E-state index is 14.4. The van der Waals surface area contributed by atoms with Crippen LogP contribution in [0.3, 0.4) is 0 Å². The second kappa shape index (κ2) is 9.64. The van der Waals surface area contributed by atoms with Crippen LogP contribution in [0.4, 0.5) is 4.39 Å². The van der Waals surface area contributed by atoms with Gasteiger partial charge in [-0.25, -0.2) is 9.37 Å². The maximum Gasteiger partial charge on any atom is 0.251 e. The minimum absolute atomic E-state index is 0.145. The topological polar surface area (TPSA) is 76.0 Å². The highest BCUT2D eigenvalue weighted by Gasteiger charge is 2.09. The van der Waals surface area contributed by atoms with Crippen LogP contribution in [0.5, 0.6) is 0 Å². The molecule has 0 aliphatic heterocycles. The smallest absolute Gasteiger partial charge is 0.251 e. The second-order valence-corrected chi connectivity index (χ2v) is 6.63. The van der Waals surface area contributed by atoms with Gasteiger partial charge in [-0.05, 0) is 43.2 Å². The minimum Gasteiger partial charge on any atom is -0.352 e. The van der Waals surface area contributed by atoms with Crippen molar-refractivity contribution >= 4 is 11.8 Å². The molecule has 0 aliphatic rings. The molecule has 3 rings (SSSR count). The lowest BCUT2D eigenvalue weighted by molar-refractivity contribution is -0.121. The molecule has 2 N–H and O–H groups in total. The maximum absolute atomic E-state index is 14.4. The zero-order valence-corrected chi connectivity index (χ0v) is 16.2. The van der Waals surface area contributed by atoms with Crippen LogP contribution in [0.2, 0.25) is 0 Å². The van der Waals surface area contributed by atoms with Gasteiger partial charge < -0.3 is 15.2 Å². The first-order valence-electron chi connectivity index (χ1n) is 9.43. The number of nitrogens with one attached hydrogen (secondary N) is 2. The summed E-state index contributed by atoms with van der Waals surface area (Å²) in [5.74, 6) is 0.0226. The van der Waals surface area contributed by atoms with E-state index < -0.39 is 0 Å². The Morgan fingerprint density at radius 1 is 1.10 bits per heavy atom. The fourth-order valence-corrected chi connectivity index (χ4v) is 2.92. The molecule has 1 heterocycles. The van der Waals surface area contributed by atoms with Gasteiger partial charge >= 0.3 is 0 Å². The summed E-state index contributed by atoms with van der Waals surface area (Å²) in [7, 11) is 0. The average Bonchev–Trinajstić information content (AvgIpc) is 3.16. The molecular weight excluding hydrogens is 371 g/mol. The molecule has 2 amide bonds. The molecule has 0 atom stereocenters. The molecule has 1 aromatic heterocycles. The summed E-state index contributed by atoms with van der Waals surface area (Å²) in [6, 6.07) is 13.8. The molecule has 3 aromatic rings. The van der Waals surface area contributed by atoms with E-state index in [0.717, 1.165) is 0 Å². The van der Waals surface area contributed by atoms with Gasteiger partial charge in [0.25, 0.3) is 5.91 Å². The van der Waals surface area contributed by atoms with Crippen LogP contribution in [0.15, 0.2) is 60.9 Å². The van der Waals surface area contributed by atoms with E-state index in [1.165, 1.54) is 6.07 Å². The van der Waals surface area contributed by atoms with Crippen LogP contribution in [0, 0.1) is 12.7 Å². The molecule has 29 heavy (non-hydrogen) atoms. The largest absolute Gasteiger partial charge is 0.352 e. The second-order valence-electron chi connectivity index (χ2n) is 6.63. The number of hydrogen-bond donors (Lipinski definition) is 2. The van der Waals surface area contributed by atoms with Crippen LogP contribution >= 0.6 is 0 Å². The fraction of sp³-hybridized carbons (Fsp3) is 0.227. The van der Waals surface area contributed by atoms with Crippen molar-refractivity contribution in [2.45, 2.75) is 26.3 Å². The summed E-state index contributed by atoms with van der Waals surface area (Å²) < 4.78 is 16.0. The van der Waals surface area contributed by atoms with Crippen molar-refractivity contribution in [3.63, 3.8) is 0 Å². The highest BCUT2D eigenvalue weighted by atomic mass is 19.1. The van der Waals surface area contributed by atoms with Gasteiger partial charge in [0.1, 0.15) is 11.6 Å². The van der Waals surface area contributed by atoms with E-state index in [0.29, 0.717) is 35.6 Å². The molecule has 150 valence electrons. The van der Waals surface area contributed by atoms with Gasteiger partial charge in [0.2, 0.25) is 5.91 Å². The van der Waals surface area contributed by atoms with Gasteiger partial charge in [-0.2, -0.15) is 0 Å². The van der Waals surface area contributed by atoms with Gasteiger partial charge in [-0.3, -0.25) is 9.59 Å². The standard InChI is InChI=1S/C22H23FN4O2/c1-16-24-12-13-27(16)20-10-9-17(14-19(20)23)15-26-21(28)8-5-11-25-22(29)18-6-3-2-4-7-18/h2-4,6-7,9-10,12-14H,5,8,11,15H2,1H3,(H,25,29)(H,26,28). The SMILES string of the molecule is Cc1nccn1-c1ccc(CNC(=O)CCCNC(=O)c2ccccc2)cc1F. The number of aromatic nitrogens is 2. The van der Waals surface area contributed by atoms with Crippen LogP contribution in [-0.2, 0) is 11.3 Å². The van der Waals surface area contributed by atoms with Gasteiger partial charge in [0, 0.05) is 37.5 Å². The number of carbonyl (C=O) groups excluding carboxylic acids is 2. The van der Waals surface area contributed by atoms with Crippen molar-refractivity contribution in [1.82, 2.24) is 20.2 Å². The molecule has 0 bridgehead atoms. The Balaban J connectivity index is 1.41. The number of aryl methyl sites for hydroxylation is 1. The molecule has 0 spiro atoms. The normalized spacial score (nSPS) is 10.6. The van der Waals surface area contributed by atoms with Gasteiger partial charge in [-0.15, -0.1) is 0 Å². The molecule has 2 aromatic carbocycles. The molecule has 0 saturated heterocycles. The van der Waals surface area contributed by atoms with E-state index in [2.05, 4.69) is 15.6 Å². The van der Waals surface area contributed by atoms with Crippen molar-refractivity contribution in [3.8, 4) is 5.69 Å². The Hall–Kier alpha value is -3.48. The van der Waals surface area contributed by atoms with Crippen molar-refractivity contribution < 1.29 is 14.0 Å². The Labute approximate surface area is 168 Å². The van der Waals surface area contributed by atoms with Gasteiger partial charge in [0.15, 0.2) is 0 Å². The van der Waals surface area contributed by atoms with E-state index in [1.807, 2.05) is 6.07 Å². The lowest BCUT2D eigenvalue weighted by Gasteiger charge is -2.10. The summed E-state index contributed by atoms with van der Waals surface area (Å²) >= 11 is 0. The van der Waals surface area contributed by atoms with Crippen LogP contribution < -0.4 is 10.6 Å². The number of nitrogens with zero attached hydrogens (tertiary/aromatic N) is 2. The number of imidazole rings is 1. The van der Waals surface area contributed by atoms with Crippen LogP contribution in [0.25, 0.3) is 5.69 Å². The number of rotatable bonds is 8. The summed E-state index contributed by atoms with van der Waals surface area (Å²) in [4.78, 5) is 28.0. The molecule has 0 radical (unpaired) electrons. The quantitative estimate of drug-likeness (QED) is 0.577. The molecule has 7 heteroatoms. The highest BCUT2D eigenvalue weighted by molar-refractivity contribution is 5.94. The van der Waals surface area contributed by atoms with E-state index in [9.17, 15) is 14.0 Å². The molecule has 0 saturated carbocycles. The molecule has 6 nitrogen and oxygen atoms in total. The Morgan fingerprint density at radius 3 is 2.59 bits per heavy atom. The first-order chi connectivity index (χ1) is 14.0. The van der Waals surface area contributed by atoms with E-state index in [-0.39, 0.29) is 30.6 Å². The fourth-order valence-electron chi connectivity index (χ4n) is 2.92. The number of amides is 2. The summed E-state index contributed by atoms with van der Waals surface area (Å²) in [5, 5.41) is 5.56. The van der Waals surface area contributed by atoms with Crippen molar-refractivity contribution in [2.24, 2.45) is 0 Å². The van der Waals surface area contributed by atoms with Crippen LogP contribution in [-0.4, -0.2) is 27.9 Å². The number of benzene rings is 2. The monoisotopic (exact) mass is 394 g/mol.